The van der Waals surface area contributed by atoms with Crippen LogP contribution in [-0.4, -0.2) is 25.8 Å². The highest BCUT2D eigenvalue weighted by Gasteiger charge is 2.52. The van der Waals surface area contributed by atoms with E-state index in [1.807, 2.05) is 4.90 Å². The van der Waals surface area contributed by atoms with Crippen LogP contribution in [0.15, 0.2) is 0 Å². The van der Waals surface area contributed by atoms with Gasteiger partial charge >= 0.3 is 0 Å². The first kappa shape index (κ1) is 50.2. The van der Waals surface area contributed by atoms with Crippen molar-refractivity contribution < 1.29 is 92.7 Å². The second-order valence-corrected chi connectivity index (χ2v) is 14.8. The highest BCUT2D eigenvalue weighted by atomic mass is 19.2. The number of quaternary nitrogens is 1. The molecule has 342 valence electrons. The molecule has 0 atom stereocenters. The number of hydrogen-bond acceptors (Lipinski definition) is 0. The molecule has 0 saturated heterocycles. The summed E-state index contributed by atoms with van der Waals surface area (Å²) in [6.07, 6.45) is 7.40. The minimum Gasteiger partial charge on any atom is -0.335 e. The van der Waals surface area contributed by atoms with Gasteiger partial charge in [-0.1, -0.05) is 58.8 Å². The van der Waals surface area contributed by atoms with E-state index in [0.717, 1.165) is 5.92 Å². The maximum absolute atomic E-state index is 15.4. The van der Waals surface area contributed by atoms with Gasteiger partial charge in [0.2, 0.25) is 0 Å². The van der Waals surface area contributed by atoms with Crippen LogP contribution < -0.4 is 26.8 Å². The van der Waals surface area contributed by atoms with Gasteiger partial charge in [-0.15, -0.1) is 21.9 Å². The van der Waals surface area contributed by atoms with Gasteiger partial charge in [-0.25, -0.2) is 87.8 Å². The maximum atomic E-state index is 15.4. The van der Waals surface area contributed by atoms with E-state index in [2.05, 4.69) is 13.8 Å². The standard InChI is InChI=1S/C24BF20.C16H33N/c26-5-1(6(27)14(35)21(42)13(5)34)25(2-7(28)15(36)22(43)16(37)8(2)29,3-9(30)17(38)23(44)18(39)10(3)31)4-11(32)19(40)24(45)20(41)12(4)33;1-3-5-13-17(14-6-4-2)15-12-16-10-8-7-9-11-16/h;16H,3-15H2,1-2H3/q-1;/p+1. The van der Waals surface area contributed by atoms with Crippen LogP contribution >= 0.6 is 0 Å². The van der Waals surface area contributed by atoms with Crippen LogP contribution in [0.4, 0.5) is 87.8 Å². The second-order valence-electron chi connectivity index (χ2n) is 14.8. The van der Waals surface area contributed by atoms with E-state index < -0.39 is 144 Å². The molecule has 5 rings (SSSR count). The van der Waals surface area contributed by atoms with Crippen LogP contribution in [0.1, 0.15) is 78.1 Å². The Bertz CT molecular complexity index is 1900. The molecule has 0 heterocycles. The molecule has 4 aromatic rings. The monoisotopic (exact) mass is 919 g/mol. The topological polar surface area (TPSA) is 4.44 Å². The number of benzene rings is 4. The Kier molecular flexibility index (Phi) is 16.5. The summed E-state index contributed by atoms with van der Waals surface area (Å²) in [5.41, 5.74) is -14.3. The summed E-state index contributed by atoms with van der Waals surface area (Å²) in [7, 11) is 0. The van der Waals surface area contributed by atoms with Crippen molar-refractivity contribution in [1.29, 1.82) is 0 Å². The maximum Gasteiger partial charge on any atom is 0.200 e. The Morgan fingerprint density at radius 2 is 0.565 bits per heavy atom. The molecule has 1 nitrogen and oxygen atoms in total. The first-order valence-corrected chi connectivity index (χ1v) is 19.1. The molecule has 1 fully saturated rings. The van der Waals surface area contributed by atoms with E-state index in [9.17, 15) is 52.7 Å². The summed E-state index contributed by atoms with van der Waals surface area (Å²) in [6, 6.07) is 0. The summed E-state index contributed by atoms with van der Waals surface area (Å²) < 4.78 is 294. The smallest absolute Gasteiger partial charge is 0.200 e. The average molecular weight is 919 g/mol. The lowest BCUT2D eigenvalue weighted by Crippen LogP contribution is -3.12. The van der Waals surface area contributed by atoms with Crippen molar-refractivity contribution in [3.05, 3.63) is 116 Å². The Labute approximate surface area is 340 Å². The third-order valence-electron chi connectivity index (χ3n) is 11.1. The van der Waals surface area contributed by atoms with E-state index in [1.54, 1.807) is 0 Å². The molecule has 0 radical (unpaired) electrons. The number of hydrogen-bond donors (Lipinski definition) is 1. The third kappa shape index (κ3) is 8.85. The number of nitrogens with one attached hydrogen (secondary N) is 1. The van der Waals surface area contributed by atoms with Crippen molar-refractivity contribution in [3.63, 3.8) is 0 Å². The van der Waals surface area contributed by atoms with Crippen LogP contribution in [-0.2, 0) is 0 Å². The summed E-state index contributed by atoms with van der Waals surface area (Å²) in [6.45, 7) is 8.92. The molecule has 0 spiro atoms. The van der Waals surface area contributed by atoms with E-state index in [4.69, 9.17) is 0 Å². The minimum atomic E-state index is -7.22. The Hall–Kier alpha value is -4.50. The fourth-order valence-corrected chi connectivity index (χ4v) is 7.99. The number of rotatable bonds is 13. The molecule has 0 amide bonds. The van der Waals surface area contributed by atoms with Crippen LogP contribution in [0, 0.1) is 122 Å². The zero-order chi connectivity index (χ0) is 46.7. The molecule has 0 bridgehead atoms. The fraction of sp³-hybridized carbons (Fsp3) is 0.400. The van der Waals surface area contributed by atoms with Gasteiger partial charge < -0.3 is 4.90 Å². The Morgan fingerprint density at radius 3 is 0.790 bits per heavy atom. The molecule has 0 unspecified atom stereocenters. The molecule has 1 saturated carbocycles. The van der Waals surface area contributed by atoms with E-state index in [-0.39, 0.29) is 0 Å². The largest absolute Gasteiger partial charge is 0.335 e. The van der Waals surface area contributed by atoms with E-state index in [1.165, 1.54) is 83.8 Å². The fourth-order valence-electron chi connectivity index (χ4n) is 7.99. The predicted octanol–water partition coefficient (Wildman–Crippen LogP) is 9.29. The van der Waals surface area contributed by atoms with Gasteiger partial charge in [-0.05, 0) is 25.2 Å². The van der Waals surface area contributed by atoms with Crippen molar-refractivity contribution in [2.45, 2.75) is 78.1 Å². The Balaban J connectivity index is 0.000000416. The van der Waals surface area contributed by atoms with Crippen LogP contribution in [0.25, 0.3) is 0 Å². The van der Waals surface area contributed by atoms with E-state index in [0.29, 0.717) is 0 Å². The van der Waals surface area contributed by atoms with Gasteiger partial charge in [0.05, 0.1) is 19.6 Å². The van der Waals surface area contributed by atoms with Crippen molar-refractivity contribution in [2.24, 2.45) is 5.92 Å². The molecule has 1 N–H and O–H groups in total. The molecule has 0 aliphatic heterocycles. The normalized spacial score (nSPS) is 13.6. The average Bonchev–Trinajstić information content (AvgIpc) is 3.26. The van der Waals surface area contributed by atoms with Gasteiger partial charge in [0.1, 0.15) is 52.7 Å². The summed E-state index contributed by atoms with van der Waals surface area (Å²) in [5, 5.41) is 0. The summed E-state index contributed by atoms with van der Waals surface area (Å²) >= 11 is 0. The van der Waals surface area contributed by atoms with Crippen molar-refractivity contribution in [3.8, 4) is 0 Å². The van der Waals surface area contributed by atoms with Crippen molar-refractivity contribution >= 4 is 28.0 Å². The third-order valence-corrected chi connectivity index (χ3v) is 11.1. The second kappa shape index (κ2) is 20.3. The zero-order valence-electron chi connectivity index (χ0n) is 32.4. The molecule has 4 aromatic carbocycles. The summed E-state index contributed by atoms with van der Waals surface area (Å²) in [4.78, 5) is 1.89. The lowest BCUT2D eigenvalue weighted by Gasteiger charge is -2.44. The minimum absolute atomic E-state index is 1.07. The first-order chi connectivity index (χ1) is 29.1. The Morgan fingerprint density at radius 1 is 0.339 bits per heavy atom. The van der Waals surface area contributed by atoms with Crippen LogP contribution in [0.5, 0.6) is 0 Å². The highest BCUT2D eigenvalue weighted by molar-refractivity contribution is 7.20. The molecule has 22 heteroatoms. The predicted molar refractivity (Wildman–Crippen MR) is 186 cm³/mol. The lowest BCUT2D eigenvalue weighted by atomic mass is 9.12. The van der Waals surface area contributed by atoms with Crippen LogP contribution in [0.3, 0.4) is 0 Å². The molecule has 0 aromatic heterocycles. The van der Waals surface area contributed by atoms with Crippen molar-refractivity contribution in [2.75, 3.05) is 19.6 Å². The first-order valence-electron chi connectivity index (χ1n) is 19.1. The molecule has 62 heavy (non-hydrogen) atoms. The van der Waals surface area contributed by atoms with Crippen LogP contribution in [0.2, 0.25) is 0 Å². The van der Waals surface area contributed by atoms with E-state index >= 15 is 35.1 Å². The summed E-state index contributed by atoms with van der Waals surface area (Å²) in [5.74, 6) is -70.3. The van der Waals surface area contributed by atoms with Crippen molar-refractivity contribution in [1.82, 2.24) is 0 Å². The van der Waals surface area contributed by atoms with Gasteiger partial charge in [0, 0.05) is 0 Å². The van der Waals surface area contributed by atoms with Gasteiger partial charge in [0.15, 0.2) is 69.8 Å². The van der Waals surface area contributed by atoms with Gasteiger partial charge in [-0.2, -0.15) is 0 Å². The molecular weight excluding hydrogens is 885 g/mol. The number of halogens is 20. The molecule has 1 aliphatic carbocycles. The SMILES string of the molecule is CCCC[NH+](CCCC)CCC1CCCCC1.Fc1c(F)c(F)c([B-](c2c(F)c(F)c(F)c(F)c2F)(c2c(F)c(F)c(F)c(F)c2F)c2c(F)c(F)c(F)c(F)c2F)c(F)c1F. The lowest BCUT2D eigenvalue weighted by molar-refractivity contribution is -0.901. The molecular formula is C40H34BF20N. The van der Waals surface area contributed by atoms with Gasteiger partial charge in [-0.3, -0.25) is 0 Å². The van der Waals surface area contributed by atoms with Gasteiger partial charge in [0.25, 0.3) is 0 Å². The molecule has 1 aliphatic rings. The quantitative estimate of drug-likeness (QED) is 0.0591. The number of unbranched alkanes of at least 4 members (excludes halogenated alkanes) is 2. The zero-order valence-corrected chi connectivity index (χ0v) is 32.4. The highest BCUT2D eigenvalue weighted by Crippen LogP contribution is 2.31.